The number of aromatic hydroxyl groups is 4. The van der Waals surface area contributed by atoms with Gasteiger partial charge in [0.25, 0.3) is 0 Å². The van der Waals surface area contributed by atoms with Crippen molar-refractivity contribution >= 4 is 35.1 Å². The van der Waals surface area contributed by atoms with Crippen LogP contribution in [0.15, 0.2) is 92.4 Å². The molecule has 0 heterocycles. The first kappa shape index (κ1) is 21.9. The summed E-state index contributed by atoms with van der Waals surface area (Å²) in [5, 5.41) is 40.2. The number of phenolic OH excluding ortho intramolecular Hbond substituents is 4. The van der Waals surface area contributed by atoms with Crippen LogP contribution in [0.1, 0.15) is 31.8 Å². The van der Waals surface area contributed by atoms with Crippen LogP contribution in [0.25, 0.3) is 0 Å². The second kappa shape index (κ2) is 8.48. The van der Waals surface area contributed by atoms with Crippen molar-refractivity contribution in [2.24, 2.45) is 0 Å². The second-order valence-electron chi connectivity index (χ2n) is 7.52. The third-order valence-corrected chi connectivity index (χ3v) is 7.46. The van der Waals surface area contributed by atoms with Crippen LogP contribution in [0, 0.1) is 0 Å². The van der Waals surface area contributed by atoms with Crippen LogP contribution >= 0.6 is 23.5 Å². The van der Waals surface area contributed by atoms with Crippen LogP contribution in [0.3, 0.4) is 0 Å². The topological polar surface area (TPSA) is 115 Å². The molecule has 1 aliphatic rings. The summed E-state index contributed by atoms with van der Waals surface area (Å²) in [6.07, 6.45) is 0. The molecule has 8 heteroatoms. The summed E-state index contributed by atoms with van der Waals surface area (Å²) < 4.78 is 0. The van der Waals surface area contributed by atoms with Crippen LogP contribution in [-0.4, -0.2) is 32.0 Å². The first-order valence-corrected chi connectivity index (χ1v) is 11.7. The summed E-state index contributed by atoms with van der Waals surface area (Å²) in [5.74, 6) is -1.57. The maximum atomic E-state index is 13.6. The van der Waals surface area contributed by atoms with E-state index in [-0.39, 0.29) is 45.3 Å². The lowest BCUT2D eigenvalue weighted by atomic mass is 9.83. The largest absolute Gasteiger partial charge is 0.508 e. The summed E-state index contributed by atoms with van der Waals surface area (Å²) >= 11 is 2.42. The number of phenols is 4. The predicted octanol–water partition coefficient (Wildman–Crippen LogP) is 5.59. The third kappa shape index (κ3) is 3.76. The Bertz CT molecular complexity index is 1350. The molecule has 6 nitrogen and oxygen atoms in total. The fourth-order valence-corrected chi connectivity index (χ4v) is 5.68. The zero-order valence-electron chi connectivity index (χ0n) is 17.4. The summed E-state index contributed by atoms with van der Waals surface area (Å²) in [6.45, 7) is 0. The highest BCUT2D eigenvalue weighted by molar-refractivity contribution is 7.99. The van der Waals surface area contributed by atoms with Crippen molar-refractivity contribution in [2.75, 3.05) is 0 Å². The van der Waals surface area contributed by atoms with Gasteiger partial charge >= 0.3 is 0 Å². The molecule has 0 saturated heterocycles. The fourth-order valence-electron chi connectivity index (χ4n) is 3.76. The Kier molecular flexibility index (Phi) is 5.47. The normalized spacial score (nSPS) is 12.4. The van der Waals surface area contributed by atoms with Gasteiger partial charge in [-0.2, -0.15) is 0 Å². The Morgan fingerprint density at radius 3 is 1.15 bits per heavy atom. The molecule has 4 aromatic carbocycles. The molecular formula is C26H16O6S2. The highest BCUT2D eigenvalue weighted by atomic mass is 32.2. The standard InChI is InChI=1S/C26H16O6S2/c27-13-1-5-15(6-2-13)33-19-11-9-17(29)21-23(19)25(31)22-18(30)10-12-20(24(22)26(21)32)34-16-7-3-14(28)4-8-16/h1-12,27-30H. The minimum atomic E-state index is -0.563. The van der Waals surface area contributed by atoms with Gasteiger partial charge in [-0.3, -0.25) is 9.59 Å². The van der Waals surface area contributed by atoms with Gasteiger partial charge in [0, 0.05) is 19.6 Å². The monoisotopic (exact) mass is 488 g/mol. The Morgan fingerprint density at radius 2 is 0.794 bits per heavy atom. The van der Waals surface area contributed by atoms with E-state index in [9.17, 15) is 30.0 Å². The molecule has 0 unspecified atom stereocenters. The van der Waals surface area contributed by atoms with Crippen LogP contribution in [0.5, 0.6) is 23.0 Å². The average Bonchev–Trinajstić information content (AvgIpc) is 2.82. The van der Waals surface area contributed by atoms with E-state index in [1.165, 1.54) is 59.9 Å². The highest BCUT2D eigenvalue weighted by Crippen LogP contribution is 2.46. The lowest BCUT2D eigenvalue weighted by molar-refractivity contribution is 0.0969. The van der Waals surface area contributed by atoms with Gasteiger partial charge in [-0.25, -0.2) is 0 Å². The molecule has 0 aliphatic heterocycles. The molecule has 0 bridgehead atoms. The number of fused-ring (bicyclic) bond motifs is 2. The van der Waals surface area contributed by atoms with Crippen molar-refractivity contribution in [3.63, 3.8) is 0 Å². The van der Waals surface area contributed by atoms with Gasteiger partial charge < -0.3 is 20.4 Å². The zero-order chi connectivity index (χ0) is 24.0. The molecular weight excluding hydrogens is 472 g/mol. The number of hydrogen-bond donors (Lipinski definition) is 4. The van der Waals surface area contributed by atoms with Crippen molar-refractivity contribution in [2.45, 2.75) is 19.6 Å². The van der Waals surface area contributed by atoms with Gasteiger partial charge in [-0.15, -0.1) is 0 Å². The third-order valence-electron chi connectivity index (χ3n) is 5.33. The summed E-state index contributed by atoms with van der Waals surface area (Å²) in [5.41, 5.74) is -0.172. The molecule has 168 valence electrons. The van der Waals surface area contributed by atoms with Gasteiger partial charge in [0.15, 0.2) is 11.6 Å². The predicted molar refractivity (Wildman–Crippen MR) is 128 cm³/mol. The Balaban J connectivity index is 1.64. The molecule has 0 spiro atoms. The van der Waals surface area contributed by atoms with E-state index >= 15 is 0 Å². The van der Waals surface area contributed by atoms with Crippen molar-refractivity contribution in [3.05, 3.63) is 95.1 Å². The Morgan fingerprint density at radius 1 is 0.441 bits per heavy atom. The number of carbonyl (C=O) groups excluding carboxylic acids is 2. The number of ketones is 2. The number of carbonyl (C=O) groups is 2. The van der Waals surface area contributed by atoms with Crippen molar-refractivity contribution < 1.29 is 30.0 Å². The van der Waals surface area contributed by atoms with Gasteiger partial charge in [0.1, 0.15) is 23.0 Å². The Hall–Kier alpha value is -3.88. The molecule has 4 N–H and O–H groups in total. The molecule has 0 saturated carbocycles. The van der Waals surface area contributed by atoms with E-state index in [1.807, 2.05) is 0 Å². The minimum absolute atomic E-state index is 0.0256. The molecule has 0 aromatic heterocycles. The van der Waals surface area contributed by atoms with Crippen LogP contribution in [-0.2, 0) is 0 Å². The Labute approximate surface area is 202 Å². The molecule has 4 aromatic rings. The van der Waals surface area contributed by atoms with Crippen LogP contribution < -0.4 is 0 Å². The summed E-state index contributed by atoms with van der Waals surface area (Å²) in [7, 11) is 0. The quantitative estimate of drug-likeness (QED) is 0.259. The maximum Gasteiger partial charge on any atom is 0.199 e. The van der Waals surface area contributed by atoms with Crippen molar-refractivity contribution in [1.29, 1.82) is 0 Å². The minimum Gasteiger partial charge on any atom is -0.508 e. The molecule has 0 amide bonds. The van der Waals surface area contributed by atoms with E-state index in [4.69, 9.17) is 0 Å². The highest BCUT2D eigenvalue weighted by Gasteiger charge is 2.38. The number of benzene rings is 4. The molecule has 34 heavy (non-hydrogen) atoms. The molecule has 0 fully saturated rings. The summed E-state index contributed by atoms with van der Waals surface area (Å²) in [4.78, 5) is 29.6. The fraction of sp³-hybridized carbons (Fsp3) is 0. The zero-order valence-corrected chi connectivity index (χ0v) is 19.0. The molecule has 0 radical (unpaired) electrons. The number of hydrogen-bond acceptors (Lipinski definition) is 8. The van der Waals surface area contributed by atoms with Gasteiger partial charge in [0.05, 0.1) is 22.3 Å². The first-order chi connectivity index (χ1) is 16.3. The van der Waals surface area contributed by atoms with Gasteiger partial charge in [0.2, 0.25) is 0 Å². The van der Waals surface area contributed by atoms with Crippen molar-refractivity contribution in [3.8, 4) is 23.0 Å². The average molecular weight is 489 g/mol. The van der Waals surface area contributed by atoms with E-state index in [0.717, 1.165) is 9.79 Å². The van der Waals surface area contributed by atoms with Gasteiger partial charge in [-0.1, -0.05) is 23.5 Å². The second-order valence-corrected chi connectivity index (χ2v) is 9.75. The SMILES string of the molecule is O=C1c2c(O)ccc(Sc3ccc(O)cc3)c2C(=O)c2c(O)ccc(Sc3ccc(O)cc3)c21. The molecule has 1 aliphatic carbocycles. The van der Waals surface area contributed by atoms with Crippen LogP contribution in [0.4, 0.5) is 0 Å². The lowest BCUT2D eigenvalue weighted by Crippen LogP contribution is -2.23. The lowest BCUT2D eigenvalue weighted by Gasteiger charge is -2.23. The first-order valence-electron chi connectivity index (χ1n) is 10.1. The van der Waals surface area contributed by atoms with Gasteiger partial charge in [-0.05, 0) is 72.8 Å². The van der Waals surface area contributed by atoms with E-state index in [1.54, 1.807) is 36.4 Å². The molecule has 0 atom stereocenters. The van der Waals surface area contributed by atoms with E-state index in [0.29, 0.717) is 9.79 Å². The van der Waals surface area contributed by atoms with Crippen molar-refractivity contribution in [1.82, 2.24) is 0 Å². The molecule has 5 rings (SSSR count). The number of rotatable bonds is 4. The smallest absolute Gasteiger partial charge is 0.199 e. The van der Waals surface area contributed by atoms with E-state index < -0.39 is 11.6 Å². The summed E-state index contributed by atoms with van der Waals surface area (Å²) in [6, 6.07) is 18.6. The maximum absolute atomic E-state index is 13.6. The van der Waals surface area contributed by atoms with E-state index in [2.05, 4.69) is 0 Å². The van der Waals surface area contributed by atoms with Crippen LogP contribution in [0.2, 0.25) is 0 Å².